The van der Waals surface area contributed by atoms with Crippen molar-refractivity contribution in [3.8, 4) is 10.6 Å². The van der Waals surface area contributed by atoms with Gasteiger partial charge < -0.3 is 5.32 Å². The van der Waals surface area contributed by atoms with E-state index in [0.717, 1.165) is 17.0 Å². The average molecular weight is 401 g/mol. The number of thiophene rings is 1. The number of carbonyl (C=O) groups excluding carboxylic acids is 2. The molecule has 8 heteroatoms. The monoisotopic (exact) mass is 400 g/mol. The van der Waals surface area contributed by atoms with E-state index in [4.69, 9.17) is 0 Å². The smallest absolute Gasteiger partial charge is 0.262 e. The van der Waals surface area contributed by atoms with Gasteiger partial charge in [0.2, 0.25) is 11.0 Å². The lowest BCUT2D eigenvalue weighted by atomic mass is 9.98. The molecule has 0 aliphatic rings. The fraction of sp³-hybridized carbons (Fsp3) is 0.263. The van der Waals surface area contributed by atoms with Crippen LogP contribution in [0.5, 0.6) is 0 Å². The fourth-order valence-electron chi connectivity index (χ4n) is 2.48. The van der Waals surface area contributed by atoms with Crippen LogP contribution in [-0.2, 0) is 4.79 Å². The summed E-state index contributed by atoms with van der Waals surface area (Å²) in [4.78, 5) is 25.7. The van der Waals surface area contributed by atoms with Gasteiger partial charge in [0.05, 0.1) is 4.88 Å². The molecule has 2 heterocycles. The molecule has 0 fully saturated rings. The first-order valence-corrected chi connectivity index (χ1v) is 10.3. The first-order valence-electron chi connectivity index (χ1n) is 8.62. The Morgan fingerprint density at radius 3 is 2.56 bits per heavy atom. The van der Waals surface area contributed by atoms with Gasteiger partial charge in [-0.05, 0) is 17.4 Å². The highest BCUT2D eigenvalue weighted by Crippen LogP contribution is 2.26. The Labute approximate surface area is 165 Å². The van der Waals surface area contributed by atoms with Crippen molar-refractivity contribution in [3.63, 3.8) is 0 Å². The van der Waals surface area contributed by atoms with Crippen LogP contribution in [0.4, 0.5) is 5.13 Å². The summed E-state index contributed by atoms with van der Waals surface area (Å²) >= 11 is 2.65. The third kappa shape index (κ3) is 4.78. The molecule has 0 aliphatic heterocycles. The van der Waals surface area contributed by atoms with Gasteiger partial charge in [-0.15, -0.1) is 21.5 Å². The molecule has 0 spiro atoms. The van der Waals surface area contributed by atoms with Crippen molar-refractivity contribution in [2.45, 2.75) is 26.3 Å². The second-order valence-electron chi connectivity index (χ2n) is 6.08. The number of hydrogen-bond donors (Lipinski definition) is 2. The molecule has 0 saturated carbocycles. The van der Waals surface area contributed by atoms with Crippen molar-refractivity contribution in [1.29, 1.82) is 0 Å². The zero-order valence-electron chi connectivity index (χ0n) is 15.0. The van der Waals surface area contributed by atoms with E-state index in [1.807, 2.05) is 55.6 Å². The Bertz CT molecular complexity index is 894. The van der Waals surface area contributed by atoms with E-state index in [1.165, 1.54) is 22.7 Å². The summed E-state index contributed by atoms with van der Waals surface area (Å²) in [6, 6.07) is 12.6. The van der Waals surface area contributed by atoms with Gasteiger partial charge in [-0.1, -0.05) is 68.0 Å². The van der Waals surface area contributed by atoms with Crippen LogP contribution in [0.25, 0.3) is 10.6 Å². The van der Waals surface area contributed by atoms with Gasteiger partial charge in [0.1, 0.15) is 11.0 Å². The maximum absolute atomic E-state index is 12.8. The fourth-order valence-corrected chi connectivity index (χ4v) is 3.86. The van der Waals surface area contributed by atoms with Gasteiger partial charge in [0.25, 0.3) is 5.91 Å². The van der Waals surface area contributed by atoms with Crippen LogP contribution in [0.15, 0.2) is 47.8 Å². The summed E-state index contributed by atoms with van der Waals surface area (Å²) in [5.41, 5.74) is 0.944. The highest BCUT2D eigenvalue weighted by atomic mass is 32.1. The minimum Gasteiger partial charge on any atom is -0.339 e. The maximum atomic E-state index is 12.8. The summed E-state index contributed by atoms with van der Waals surface area (Å²) in [6.07, 6.45) is 0.758. The van der Waals surface area contributed by atoms with Crippen LogP contribution < -0.4 is 10.6 Å². The third-order valence-electron chi connectivity index (χ3n) is 4.20. The molecule has 2 N–H and O–H groups in total. The van der Waals surface area contributed by atoms with E-state index in [1.54, 1.807) is 6.07 Å². The van der Waals surface area contributed by atoms with Crippen LogP contribution >= 0.6 is 22.7 Å². The Hall–Kier alpha value is -2.58. The summed E-state index contributed by atoms with van der Waals surface area (Å²) in [6.45, 7) is 3.93. The Balaban J connectivity index is 1.71. The number of aromatic nitrogens is 2. The normalized spacial score (nSPS) is 13.0. The molecule has 140 valence electrons. The molecule has 1 aromatic carbocycles. The van der Waals surface area contributed by atoms with Crippen LogP contribution in [-0.4, -0.2) is 28.1 Å². The highest BCUT2D eigenvalue weighted by Gasteiger charge is 2.27. The Kier molecular flexibility index (Phi) is 6.31. The number of carbonyl (C=O) groups is 2. The number of rotatable bonds is 7. The Morgan fingerprint density at radius 2 is 1.89 bits per heavy atom. The van der Waals surface area contributed by atoms with Crippen LogP contribution in [0.2, 0.25) is 0 Å². The van der Waals surface area contributed by atoms with Gasteiger partial charge in [-0.25, -0.2) is 0 Å². The van der Waals surface area contributed by atoms with Crippen LogP contribution in [0, 0.1) is 5.92 Å². The molecular formula is C19H20N4O2S2. The summed E-state index contributed by atoms with van der Waals surface area (Å²) in [7, 11) is 0. The number of amides is 2. The highest BCUT2D eigenvalue weighted by molar-refractivity contribution is 7.18. The van der Waals surface area contributed by atoms with E-state index in [2.05, 4.69) is 20.8 Å². The molecule has 0 radical (unpaired) electrons. The third-order valence-corrected chi connectivity index (χ3v) is 5.96. The van der Waals surface area contributed by atoms with E-state index < -0.39 is 6.04 Å². The standard InChI is InChI=1S/C19H20N4O2S2/c1-3-12(2)15(20-16(24)14-10-7-11-26-14)17(25)21-19-23-22-18(27-19)13-8-5-4-6-9-13/h4-12,15H,3H2,1-2H3,(H,20,24)(H,21,23,25)/t12-,15-/m1/s1. The summed E-state index contributed by atoms with van der Waals surface area (Å²) in [5, 5.41) is 16.8. The molecule has 3 rings (SSSR count). The second kappa shape index (κ2) is 8.88. The van der Waals surface area contributed by atoms with E-state index >= 15 is 0 Å². The minimum absolute atomic E-state index is 0.0181. The molecule has 3 aromatic rings. The molecular weight excluding hydrogens is 380 g/mol. The van der Waals surface area contributed by atoms with Gasteiger partial charge in [0.15, 0.2) is 0 Å². The predicted molar refractivity (Wildman–Crippen MR) is 109 cm³/mol. The molecule has 0 bridgehead atoms. The molecule has 2 aromatic heterocycles. The van der Waals surface area contributed by atoms with Crippen molar-refractivity contribution < 1.29 is 9.59 Å². The lowest BCUT2D eigenvalue weighted by Crippen LogP contribution is -2.47. The van der Waals surface area contributed by atoms with Gasteiger partial charge in [-0.3, -0.25) is 14.9 Å². The lowest BCUT2D eigenvalue weighted by Gasteiger charge is -2.22. The van der Waals surface area contributed by atoms with Crippen molar-refractivity contribution >= 4 is 39.6 Å². The first kappa shape index (κ1) is 19.2. The molecule has 2 amide bonds. The quantitative estimate of drug-likeness (QED) is 0.627. The second-order valence-corrected chi connectivity index (χ2v) is 8.01. The number of nitrogens with zero attached hydrogens (tertiary/aromatic N) is 2. The van der Waals surface area contributed by atoms with E-state index in [0.29, 0.717) is 10.0 Å². The van der Waals surface area contributed by atoms with Crippen molar-refractivity contribution in [2.75, 3.05) is 5.32 Å². The van der Waals surface area contributed by atoms with Crippen LogP contribution in [0.3, 0.4) is 0 Å². The molecule has 6 nitrogen and oxygen atoms in total. The molecule has 0 saturated heterocycles. The summed E-state index contributed by atoms with van der Waals surface area (Å²) < 4.78 is 0. The number of benzene rings is 1. The molecule has 0 aliphatic carbocycles. The SMILES string of the molecule is CC[C@@H](C)[C@@H](NC(=O)c1cccs1)C(=O)Nc1nnc(-c2ccccc2)s1. The number of anilines is 1. The van der Waals surface area contributed by atoms with Crippen molar-refractivity contribution in [1.82, 2.24) is 15.5 Å². The molecule has 2 atom stereocenters. The average Bonchev–Trinajstić information content (AvgIpc) is 3.38. The zero-order chi connectivity index (χ0) is 19.2. The topological polar surface area (TPSA) is 84.0 Å². The summed E-state index contributed by atoms with van der Waals surface area (Å²) in [5.74, 6) is -0.548. The van der Waals surface area contributed by atoms with Crippen molar-refractivity contribution in [3.05, 3.63) is 52.7 Å². The van der Waals surface area contributed by atoms with Gasteiger partial charge in [0, 0.05) is 5.56 Å². The largest absolute Gasteiger partial charge is 0.339 e. The molecule has 0 unspecified atom stereocenters. The minimum atomic E-state index is -0.645. The van der Waals surface area contributed by atoms with E-state index in [-0.39, 0.29) is 17.7 Å². The molecule has 27 heavy (non-hydrogen) atoms. The number of nitrogens with one attached hydrogen (secondary N) is 2. The Morgan fingerprint density at radius 1 is 1.11 bits per heavy atom. The van der Waals surface area contributed by atoms with E-state index in [9.17, 15) is 9.59 Å². The van der Waals surface area contributed by atoms with Crippen LogP contribution in [0.1, 0.15) is 29.9 Å². The predicted octanol–water partition coefficient (Wildman–Crippen LogP) is 4.05. The lowest BCUT2D eigenvalue weighted by molar-refractivity contribution is -0.119. The first-order chi connectivity index (χ1) is 13.1. The van der Waals surface area contributed by atoms with Gasteiger partial charge in [-0.2, -0.15) is 0 Å². The maximum Gasteiger partial charge on any atom is 0.262 e. The van der Waals surface area contributed by atoms with Gasteiger partial charge >= 0.3 is 0 Å². The van der Waals surface area contributed by atoms with Crippen molar-refractivity contribution in [2.24, 2.45) is 5.92 Å². The number of hydrogen-bond acceptors (Lipinski definition) is 6. The zero-order valence-corrected chi connectivity index (χ0v) is 16.6.